The summed E-state index contributed by atoms with van der Waals surface area (Å²) in [5, 5.41) is 13.9. The average molecular weight is 817 g/mol. The SMILES string of the molecule is CCCCCCCCCCCCCCCCCCCCCCC(=O)NC(COP(=O)(O)OCCN)C(O)CCCCCCCCCCCCCCCCCCC. The van der Waals surface area contributed by atoms with Gasteiger partial charge < -0.3 is 21.1 Å². The molecule has 0 heterocycles. The molecule has 5 N–H and O–H groups in total. The summed E-state index contributed by atoms with van der Waals surface area (Å²) in [7, 11) is -4.31. The van der Waals surface area contributed by atoms with E-state index in [1.165, 1.54) is 199 Å². The van der Waals surface area contributed by atoms with Crippen LogP contribution in [0.5, 0.6) is 0 Å². The first-order chi connectivity index (χ1) is 27.4. The minimum absolute atomic E-state index is 0.0927. The molecule has 3 atom stereocenters. The van der Waals surface area contributed by atoms with E-state index in [9.17, 15) is 19.4 Å². The number of unbranched alkanes of at least 4 members (excludes halogenated alkanes) is 35. The second kappa shape index (κ2) is 44.1. The van der Waals surface area contributed by atoms with Gasteiger partial charge in [-0.15, -0.1) is 0 Å². The van der Waals surface area contributed by atoms with Gasteiger partial charge in [-0.25, -0.2) is 4.57 Å². The highest BCUT2D eigenvalue weighted by Crippen LogP contribution is 2.43. The Balaban J connectivity index is 4.03. The number of nitrogens with one attached hydrogen (secondary N) is 1. The number of carbonyl (C=O) groups is 1. The van der Waals surface area contributed by atoms with Gasteiger partial charge in [0, 0.05) is 13.0 Å². The lowest BCUT2D eigenvalue weighted by atomic mass is 10.0. The van der Waals surface area contributed by atoms with Gasteiger partial charge in [-0.2, -0.15) is 0 Å². The van der Waals surface area contributed by atoms with E-state index in [0.29, 0.717) is 12.8 Å². The summed E-state index contributed by atoms with van der Waals surface area (Å²) >= 11 is 0. The van der Waals surface area contributed by atoms with Crippen LogP contribution in [0.2, 0.25) is 0 Å². The number of phosphoric ester groups is 1. The van der Waals surface area contributed by atoms with E-state index in [-0.39, 0.29) is 25.7 Å². The van der Waals surface area contributed by atoms with Crippen molar-refractivity contribution in [3.8, 4) is 0 Å². The number of hydrogen-bond acceptors (Lipinski definition) is 6. The zero-order valence-electron chi connectivity index (χ0n) is 37.4. The summed E-state index contributed by atoms with van der Waals surface area (Å²) in [6, 6.07) is -0.768. The fourth-order valence-corrected chi connectivity index (χ4v) is 8.49. The molecule has 0 saturated heterocycles. The van der Waals surface area contributed by atoms with Crippen molar-refractivity contribution in [3.63, 3.8) is 0 Å². The summed E-state index contributed by atoms with van der Waals surface area (Å²) < 4.78 is 22.3. The summed E-state index contributed by atoms with van der Waals surface area (Å²) in [6.45, 7) is 4.26. The zero-order chi connectivity index (χ0) is 41.1. The number of nitrogens with two attached hydrogens (primary N) is 1. The molecule has 336 valence electrons. The third kappa shape index (κ3) is 41.7. The van der Waals surface area contributed by atoms with Gasteiger partial charge in [-0.05, 0) is 12.8 Å². The molecule has 0 spiro atoms. The first-order valence-electron chi connectivity index (χ1n) is 24.7. The molecule has 0 aromatic rings. The molecule has 0 saturated carbocycles. The van der Waals surface area contributed by atoms with Crippen LogP contribution in [0.25, 0.3) is 0 Å². The molecular formula is C47H97N2O6P. The average Bonchev–Trinajstić information content (AvgIpc) is 3.19. The van der Waals surface area contributed by atoms with Gasteiger partial charge in [0.2, 0.25) is 5.91 Å². The molecular weight excluding hydrogens is 719 g/mol. The minimum atomic E-state index is -4.31. The maximum Gasteiger partial charge on any atom is 0.472 e. The minimum Gasteiger partial charge on any atom is -0.391 e. The molecule has 56 heavy (non-hydrogen) atoms. The summed E-state index contributed by atoms with van der Waals surface area (Å²) in [5.74, 6) is -0.155. The normalized spacial score (nSPS) is 13.9. The van der Waals surface area contributed by atoms with Gasteiger partial charge in [-0.1, -0.05) is 245 Å². The number of phosphoric acid groups is 1. The van der Waals surface area contributed by atoms with Crippen molar-refractivity contribution in [2.75, 3.05) is 19.8 Å². The van der Waals surface area contributed by atoms with E-state index in [1.807, 2.05) is 0 Å². The highest BCUT2D eigenvalue weighted by atomic mass is 31.2. The first kappa shape index (κ1) is 55.5. The summed E-state index contributed by atoms with van der Waals surface area (Å²) in [6.07, 6.45) is 48.3. The van der Waals surface area contributed by atoms with E-state index < -0.39 is 20.0 Å². The van der Waals surface area contributed by atoms with Crippen LogP contribution in [0.1, 0.15) is 264 Å². The van der Waals surface area contributed by atoms with Gasteiger partial charge in [-0.3, -0.25) is 13.8 Å². The molecule has 0 radical (unpaired) electrons. The highest BCUT2D eigenvalue weighted by Gasteiger charge is 2.27. The van der Waals surface area contributed by atoms with Crippen LogP contribution in [0.3, 0.4) is 0 Å². The van der Waals surface area contributed by atoms with Crippen LogP contribution in [0.4, 0.5) is 0 Å². The molecule has 0 aliphatic heterocycles. The molecule has 9 heteroatoms. The monoisotopic (exact) mass is 817 g/mol. The van der Waals surface area contributed by atoms with Gasteiger partial charge in [0.05, 0.1) is 25.4 Å². The van der Waals surface area contributed by atoms with Crippen molar-refractivity contribution in [1.29, 1.82) is 0 Å². The van der Waals surface area contributed by atoms with E-state index in [1.54, 1.807) is 0 Å². The predicted octanol–water partition coefficient (Wildman–Crippen LogP) is 14.2. The Morgan fingerprint density at radius 1 is 0.518 bits per heavy atom. The van der Waals surface area contributed by atoms with Crippen LogP contribution in [-0.4, -0.2) is 47.8 Å². The Morgan fingerprint density at radius 3 is 1.14 bits per heavy atom. The largest absolute Gasteiger partial charge is 0.472 e. The maximum atomic E-state index is 12.8. The van der Waals surface area contributed by atoms with Crippen molar-refractivity contribution < 1.29 is 28.4 Å². The molecule has 0 bridgehead atoms. The number of rotatable bonds is 47. The van der Waals surface area contributed by atoms with Crippen LogP contribution in [-0.2, 0) is 18.4 Å². The van der Waals surface area contributed by atoms with Crippen molar-refractivity contribution >= 4 is 13.7 Å². The molecule has 0 aliphatic rings. The van der Waals surface area contributed by atoms with Gasteiger partial charge in [0.15, 0.2) is 0 Å². The lowest BCUT2D eigenvalue weighted by Gasteiger charge is -2.25. The summed E-state index contributed by atoms with van der Waals surface area (Å²) in [5.41, 5.74) is 5.39. The Morgan fingerprint density at radius 2 is 0.821 bits per heavy atom. The van der Waals surface area contributed by atoms with Crippen LogP contribution >= 0.6 is 7.82 Å². The fraction of sp³-hybridized carbons (Fsp3) is 0.979. The molecule has 0 rings (SSSR count). The smallest absolute Gasteiger partial charge is 0.391 e. The number of carbonyl (C=O) groups excluding carboxylic acids is 1. The number of hydrogen-bond donors (Lipinski definition) is 4. The molecule has 3 unspecified atom stereocenters. The zero-order valence-corrected chi connectivity index (χ0v) is 38.3. The van der Waals surface area contributed by atoms with E-state index >= 15 is 0 Å². The third-order valence-electron chi connectivity index (χ3n) is 11.5. The first-order valence-corrected chi connectivity index (χ1v) is 26.1. The molecule has 0 fully saturated rings. The van der Waals surface area contributed by atoms with Gasteiger partial charge >= 0.3 is 7.82 Å². The quantitative estimate of drug-likeness (QED) is 0.0355. The number of aliphatic hydroxyl groups excluding tert-OH is 1. The standard InChI is InChI=1S/C47H97N2O6P/c1-3-5-7-9-11-13-15-17-19-21-22-23-25-27-29-31-33-35-37-39-41-47(51)49-45(44-55-56(52,53)54-43-42-48)46(50)40-38-36-34-32-30-28-26-24-20-18-16-14-12-10-8-6-4-2/h45-46,50H,3-44,48H2,1-2H3,(H,49,51)(H,52,53). The van der Waals surface area contributed by atoms with Crippen molar-refractivity contribution in [3.05, 3.63) is 0 Å². The third-order valence-corrected chi connectivity index (χ3v) is 12.4. The topological polar surface area (TPSA) is 131 Å². The van der Waals surface area contributed by atoms with Crippen LogP contribution in [0, 0.1) is 0 Å². The van der Waals surface area contributed by atoms with Gasteiger partial charge in [0.1, 0.15) is 0 Å². The van der Waals surface area contributed by atoms with E-state index in [0.717, 1.165) is 38.5 Å². The highest BCUT2D eigenvalue weighted by molar-refractivity contribution is 7.47. The Bertz CT molecular complexity index is 849. The fourth-order valence-electron chi connectivity index (χ4n) is 7.73. The maximum absolute atomic E-state index is 12.8. The second-order valence-corrected chi connectivity index (χ2v) is 18.5. The molecule has 0 aliphatic carbocycles. The van der Waals surface area contributed by atoms with Crippen molar-refractivity contribution in [1.82, 2.24) is 5.32 Å². The Hall–Kier alpha value is -0.500. The predicted molar refractivity (Wildman–Crippen MR) is 240 cm³/mol. The van der Waals surface area contributed by atoms with Crippen LogP contribution in [0.15, 0.2) is 0 Å². The summed E-state index contributed by atoms with van der Waals surface area (Å²) in [4.78, 5) is 22.8. The molecule has 8 nitrogen and oxygen atoms in total. The molecule has 0 aromatic carbocycles. The van der Waals surface area contributed by atoms with E-state index in [4.69, 9.17) is 14.8 Å². The van der Waals surface area contributed by atoms with Crippen molar-refractivity contribution in [2.45, 2.75) is 276 Å². The molecule has 1 amide bonds. The number of amides is 1. The van der Waals surface area contributed by atoms with Crippen LogP contribution < -0.4 is 11.1 Å². The van der Waals surface area contributed by atoms with E-state index in [2.05, 4.69) is 19.2 Å². The Labute approximate surface area is 348 Å². The van der Waals surface area contributed by atoms with Gasteiger partial charge in [0.25, 0.3) is 0 Å². The Kier molecular flexibility index (Phi) is 43.7. The lowest BCUT2D eigenvalue weighted by molar-refractivity contribution is -0.123. The number of aliphatic hydroxyl groups is 1. The second-order valence-electron chi connectivity index (χ2n) is 17.0. The molecule has 0 aromatic heterocycles. The lowest BCUT2D eigenvalue weighted by Crippen LogP contribution is -2.46. The van der Waals surface area contributed by atoms with Crippen molar-refractivity contribution in [2.24, 2.45) is 5.73 Å².